The van der Waals surface area contributed by atoms with Gasteiger partial charge in [-0.2, -0.15) is 8.78 Å². The molecule has 0 unspecified atom stereocenters. The summed E-state index contributed by atoms with van der Waals surface area (Å²) in [5, 5.41) is 0. The summed E-state index contributed by atoms with van der Waals surface area (Å²) < 4.78 is 79.1. The van der Waals surface area contributed by atoms with Crippen molar-refractivity contribution in [2.75, 3.05) is 5.75 Å². The molecule has 46 heavy (non-hydrogen) atoms. The van der Waals surface area contributed by atoms with Gasteiger partial charge in [0.2, 0.25) is 0 Å². The Morgan fingerprint density at radius 2 is 1.24 bits per heavy atom. The van der Waals surface area contributed by atoms with Crippen LogP contribution < -0.4 is 4.74 Å². The first-order valence-electron chi connectivity index (χ1n) is 14.9. The van der Waals surface area contributed by atoms with Gasteiger partial charge in [0.25, 0.3) is 0 Å². The molecule has 0 saturated carbocycles. The van der Waals surface area contributed by atoms with Crippen molar-refractivity contribution in [2.24, 2.45) is 0 Å². The summed E-state index contributed by atoms with van der Waals surface area (Å²) >= 11 is 1.78. The Hall–Kier alpha value is -4.54. The number of rotatable bonds is 9. The standard InChI is InChI=1S/C39H31F5OS/c1-4-20-46-34-18-14-29(15-19-34)28-10-12-30(13-11-28)32-23-36(41)38(37(42)24-32)39(43,44)45-33-16-7-26(8-17-33)6-9-31-22-35(40)25(3)21-27(31)5-2/h7-8,10-19,21-24H,4-5,20H2,1-3H3. The number of thioether (sulfide) groups is 1. The van der Waals surface area contributed by atoms with Gasteiger partial charge in [-0.25, -0.2) is 13.2 Å². The van der Waals surface area contributed by atoms with Gasteiger partial charge in [-0.1, -0.05) is 68.2 Å². The Morgan fingerprint density at radius 3 is 1.80 bits per heavy atom. The quantitative estimate of drug-likeness (QED) is 0.0899. The molecule has 0 heterocycles. The van der Waals surface area contributed by atoms with Gasteiger partial charge in [0.15, 0.2) is 0 Å². The third-order valence-corrected chi connectivity index (χ3v) is 8.64. The van der Waals surface area contributed by atoms with Crippen molar-refractivity contribution in [2.45, 2.75) is 44.6 Å². The highest BCUT2D eigenvalue weighted by molar-refractivity contribution is 7.99. The highest BCUT2D eigenvalue weighted by atomic mass is 32.2. The molecule has 0 fully saturated rings. The van der Waals surface area contributed by atoms with Crippen LogP contribution in [-0.4, -0.2) is 5.75 Å². The van der Waals surface area contributed by atoms with Gasteiger partial charge in [0.1, 0.15) is 28.8 Å². The van der Waals surface area contributed by atoms with Crippen molar-refractivity contribution >= 4 is 11.8 Å². The summed E-state index contributed by atoms with van der Waals surface area (Å²) in [7, 11) is 0. The topological polar surface area (TPSA) is 9.23 Å². The SMILES string of the molecule is CCCSc1ccc(-c2ccc(-c3cc(F)c(C(F)(F)Oc4ccc(C#Cc5cc(F)c(C)cc5CC)cc4)c(F)c3)cc2)cc1. The number of benzene rings is 5. The highest BCUT2D eigenvalue weighted by Crippen LogP contribution is 2.37. The molecule has 0 bridgehead atoms. The molecule has 0 aliphatic carbocycles. The largest absolute Gasteiger partial charge is 0.432 e. The molecule has 0 aliphatic rings. The molecule has 234 valence electrons. The van der Waals surface area contributed by atoms with E-state index < -0.39 is 23.3 Å². The van der Waals surface area contributed by atoms with Crippen LogP contribution in [0.4, 0.5) is 22.0 Å². The zero-order valence-electron chi connectivity index (χ0n) is 25.6. The van der Waals surface area contributed by atoms with E-state index in [0.29, 0.717) is 28.7 Å². The fourth-order valence-corrected chi connectivity index (χ4v) is 5.70. The van der Waals surface area contributed by atoms with Crippen LogP contribution in [0.5, 0.6) is 5.75 Å². The molecule has 5 rings (SSSR count). The Labute approximate surface area is 270 Å². The average molecular weight is 643 g/mol. The summed E-state index contributed by atoms with van der Waals surface area (Å²) in [6.07, 6.45) is -2.53. The Bertz CT molecular complexity index is 1860. The van der Waals surface area contributed by atoms with Gasteiger partial charge in [0, 0.05) is 16.0 Å². The molecule has 0 aromatic heterocycles. The molecule has 0 N–H and O–H groups in total. The van der Waals surface area contributed by atoms with E-state index in [1.807, 2.05) is 31.2 Å². The zero-order valence-corrected chi connectivity index (χ0v) is 26.4. The van der Waals surface area contributed by atoms with E-state index in [4.69, 9.17) is 4.74 Å². The number of alkyl halides is 2. The summed E-state index contributed by atoms with van der Waals surface area (Å²) in [5.41, 5.74) is 3.44. The van der Waals surface area contributed by atoms with Crippen molar-refractivity contribution in [1.29, 1.82) is 0 Å². The molecular weight excluding hydrogens is 611 g/mol. The predicted molar refractivity (Wildman–Crippen MR) is 176 cm³/mol. The van der Waals surface area contributed by atoms with Crippen LogP contribution in [0.2, 0.25) is 0 Å². The van der Waals surface area contributed by atoms with E-state index in [1.54, 1.807) is 36.9 Å². The van der Waals surface area contributed by atoms with Crippen LogP contribution in [0.25, 0.3) is 22.3 Å². The third kappa shape index (κ3) is 7.63. The number of halogens is 5. The molecule has 5 aromatic carbocycles. The first-order chi connectivity index (χ1) is 22.1. The Kier molecular flexibility index (Phi) is 10.2. The fourth-order valence-electron chi connectivity index (χ4n) is 4.93. The second-order valence-electron chi connectivity index (χ2n) is 10.8. The Balaban J connectivity index is 1.30. The van der Waals surface area contributed by atoms with Crippen LogP contribution in [0.15, 0.2) is 102 Å². The second kappa shape index (κ2) is 14.3. The minimum absolute atomic E-state index is 0.120. The van der Waals surface area contributed by atoms with Crippen molar-refractivity contribution in [3.63, 3.8) is 0 Å². The van der Waals surface area contributed by atoms with Crippen LogP contribution >= 0.6 is 11.8 Å². The minimum Gasteiger partial charge on any atom is -0.429 e. The molecule has 7 heteroatoms. The molecule has 0 atom stereocenters. The number of hydrogen-bond acceptors (Lipinski definition) is 2. The number of aryl methyl sites for hydroxylation is 2. The van der Waals surface area contributed by atoms with Gasteiger partial charge in [-0.05, 0) is 113 Å². The molecule has 0 aliphatic heterocycles. The van der Waals surface area contributed by atoms with E-state index in [1.165, 1.54) is 35.2 Å². The van der Waals surface area contributed by atoms with Crippen molar-refractivity contribution in [3.05, 3.63) is 142 Å². The lowest BCUT2D eigenvalue weighted by molar-refractivity contribution is -0.189. The smallest absolute Gasteiger partial charge is 0.429 e. The van der Waals surface area contributed by atoms with Crippen LogP contribution in [0, 0.1) is 36.2 Å². The highest BCUT2D eigenvalue weighted by Gasteiger charge is 2.41. The van der Waals surface area contributed by atoms with E-state index in [9.17, 15) is 4.39 Å². The van der Waals surface area contributed by atoms with E-state index in [2.05, 4.69) is 30.9 Å². The number of hydrogen-bond donors (Lipinski definition) is 0. The van der Waals surface area contributed by atoms with Gasteiger partial charge in [-0.15, -0.1) is 11.8 Å². The zero-order chi connectivity index (χ0) is 32.8. The molecule has 0 spiro atoms. The monoisotopic (exact) mass is 642 g/mol. The van der Waals surface area contributed by atoms with Crippen LogP contribution in [0.1, 0.15) is 48.1 Å². The molecule has 0 saturated heterocycles. The van der Waals surface area contributed by atoms with E-state index in [-0.39, 0.29) is 17.1 Å². The maximum absolute atomic E-state index is 15.1. The summed E-state index contributed by atoms with van der Waals surface area (Å²) in [4.78, 5) is 1.18. The lowest BCUT2D eigenvalue weighted by atomic mass is 9.99. The predicted octanol–water partition coefficient (Wildman–Crippen LogP) is 11.3. The number of ether oxygens (including phenoxy) is 1. The van der Waals surface area contributed by atoms with Gasteiger partial charge in [-0.3, -0.25) is 0 Å². The summed E-state index contributed by atoms with van der Waals surface area (Å²) in [5.74, 6) is 3.32. The van der Waals surface area contributed by atoms with E-state index in [0.717, 1.165) is 41.0 Å². The third-order valence-electron chi connectivity index (χ3n) is 7.42. The fraction of sp³-hybridized carbons (Fsp3) is 0.179. The van der Waals surface area contributed by atoms with Gasteiger partial charge in [0.05, 0.1) is 0 Å². The first-order valence-corrected chi connectivity index (χ1v) is 15.9. The average Bonchev–Trinajstić information content (AvgIpc) is 3.04. The molecule has 0 amide bonds. The molecule has 0 radical (unpaired) electrons. The van der Waals surface area contributed by atoms with Crippen molar-refractivity contribution in [1.82, 2.24) is 0 Å². The first kappa shape index (κ1) is 32.8. The molecule has 5 aromatic rings. The lowest BCUT2D eigenvalue weighted by Crippen LogP contribution is -2.25. The van der Waals surface area contributed by atoms with Crippen LogP contribution in [-0.2, 0) is 12.5 Å². The van der Waals surface area contributed by atoms with Crippen LogP contribution in [0.3, 0.4) is 0 Å². The molecule has 1 nitrogen and oxygen atoms in total. The Morgan fingerprint density at radius 1 is 0.674 bits per heavy atom. The summed E-state index contributed by atoms with van der Waals surface area (Å²) in [6, 6.07) is 25.4. The van der Waals surface area contributed by atoms with Crippen molar-refractivity contribution in [3.8, 4) is 39.8 Å². The summed E-state index contributed by atoms with van der Waals surface area (Å²) in [6.45, 7) is 5.75. The van der Waals surface area contributed by atoms with Crippen molar-refractivity contribution < 1.29 is 26.7 Å². The maximum atomic E-state index is 15.1. The molecular formula is C39H31F5OS. The van der Waals surface area contributed by atoms with E-state index >= 15 is 17.6 Å². The minimum atomic E-state index is -4.29. The van der Waals surface area contributed by atoms with Gasteiger partial charge < -0.3 is 4.74 Å². The lowest BCUT2D eigenvalue weighted by Gasteiger charge is -2.20. The second-order valence-corrected chi connectivity index (χ2v) is 11.9. The maximum Gasteiger partial charge on any atom is 0.432 e. The normalized spacial score (nSPS) is 11.2. The van der Waals surface area contributed by atoms with Gasteiger partial charge >= 0.3 is 6.11 Å².